The molecule has 2 saturated heterocycles. The lowest BCUT2D eigenvalue weighted by atomic mass is 9.81. The molecular weight excluding hydrogens is 524 g/mol. The highest BCUT2D eigenvalue weighted by atomic mass is 16.7. The largest absolute Gasteiger partial charge is 0.508 e. The van der Waals surface area contributed by atoms with Gasteiger partial charge in [0, 0.05) is 17.4 Å². The summed E-state index contributed by atoms with van der Waals surface area (Å²) in [4.78, 5) is 37.6. The van der Waals surface area contributed by atoms with Gasteiger partial charge in [-0.05, 0) is 49.1 Å². The quantitative estimate of drug-likeness (QED) is 0.348. The van der Waals surface area contributed by atoms with Gasteiger partial charge in [0.25, 0.3) is 0 Å². The van der Waals surface area contributed by atoms with Crippen molar-refractivity contribution in [2.24, 2.45) is 17.8 Å². The molecule has 1 aromatic rings. The molecule has 0 spiro atoms. The van der Waals surface area contributed by atoms with E-state index in [1.807, 2.05) is 13.8 Å². The zero-order chi connectivity index (χ0) is 28.7. The van der Waals surface area contributed by atoms with Crippen LogP contribution in [0.1, 0.15) is 32.3 Å². The van der Waals surface area contributed by atoms with Crippen molar-refractivity contribution in [3.05, 3.63) is 52.6 Å². The minimum absolute atomic E-state index is 0.0478. The molecule has 11 nitrogen and oxygen atoms in total. The van der Waals surface area contributed by atoms with Gasteiger partial charge in [-0.2, -0.15) is 0 Å². The maximum Gasteiger partial charge on any atom is 0.310 e. The number of aromatic hydroxyl groups is 1. The van der Waals surface area contributed by atoms with E-state index >= 15 is 0 Å². The van der Waals surface area contributed by atoms with E-state index in [0.717, 1.165) is 12.0 Å². The molecule has 9 atom stereocenters. The molecule has 5 rings (SSSR count). The number of phenols is 1. The average Bonchev–Trinajstić information content (AvgIpc) is 3.35. The first-order valence-corrected chi connectivity index (χ1v) is 13.4. The van der Waals surface area contributed by atoms with Gasteiger partial charge in [-0.1, -0.05) is 24.6 Å². The Bertz CT molecular complexity index is 1220. The number of allylic oxidation sites excluding steroid dienone is 2. The highest BCUT2D eigenvalue weighted by Gasteiger charge is 2.52. The summed E-state index contributed by atoms with van der Waals surface area (Å²) < 4.78 is 22.5. The lowest BCUT2D eigenvalue weighted by molar-refractivity contribution is -0.299. The maximum absolute atomic E-state index is 12.9. The Labute approximate surface area is 231 Å². The Hall–Kier alpha value is -3.09. The Morgan fingerprint density at radius 1 is 1.07 bits per heavy atom. The van der Waals surface area contributed by atoms with Crippen LogP contribution in [0.3, 0.4) is 0 Å². The Morgan fingerprint density at radius 2 is 1.80 bits per heavy atom. The lowest BCUT2D eigenvalue weighted by Gasteiger charge is -2.40. The molecular formula is C29H34O11. The van der Waals surface area contributed by atoms with E-state index in [-0.39, 0.29) is 42.4 Å². The van der Waals surface area contributed by atoms with Crippen molar-refractivity contribution in [3.8, 4) is 5.75 Å². The number of benzene rings is 1. The second kappa shape index (κ2) is 11.4. The normalized spacial score (nSPS) is 35.5. The van der Waals surface area contributed by atoms with Crippen LogP contribution in [0.15, 0.2) is 47.1 Å². The first-order chi connectivity index (χ1) is 19.0. The number of aliphatic hydroxyl groups is 3. The summed E-state index contributed by atoms with van der Waals surface area (Å²) in [6, 6.07) is 6.02. The van der Waals surface area contributed by atoms with Crippen LogP contribution in [0, 0.1) is 17.8 Å². The molecule has 0 amide bonds. The lowest BCUT2D eigenvalue weighted by Crippen LogP contribution is -2.59. The van der Waals surface area contributed by atoms with E-state index < -0.39 is 55.3 Å². The van der Waals surface area contributed by atoms with Gasteiger partial charge in [-0.3, -0.25) is 14.4 Å². The van der Waals surface area contributed by atoms with E-state index in [2.05, 4.69) is 0 Å². The van der Waals surface area contributed by atoms with Crippen molar-refractivity contribution < 1.29 is 53.8 Å². The fraction of sp³-hybridized carbons (Fsp3) is 0.552. The highest BCUT2D eigenvalue weighted by molar-refractivity contribution is 6.09. The van der Waals surface area contributed by atoms with Crippen molar-refractivity contribution in [2.45, 2.75) is 69.9 Å². The Morgan fingerprint density at radius 3 is 2.52 bits per heavy atom. The van der Waals surface area contributed by atoms with Gasteiger partial charge in [0.15, 0.2) is 12.1 Å². The number of aliphatic hydroxyl groups excluding tert-OH is 3. The van der Waals surface area contributed by atoms with E-state index in [4.69, 9.17) is 18.9 Å². The first-order valence-electron chi connectivity index (χ1n) is 13.4. The molecule has 1 aromatic carbocycles. The van der Waals surface area contributed by atoms with Crippen LogP contribution in [0.25, 0.3) is 0 Å². The molecule has 0 unspecified atom stereocenters. The number of ketones is 1. The maximum atomic E-state index is 12.9. The van der Waals surface area contributed by atoms with Gasteiger partial charge >= 0.3 is 11.9 Å². The summed E-state index contributed by atoms with van der Waals surface area (Å²) in [5.74, 6) is -1.82. The van der Waals surface area contributed by atoms with Gasteiger partial charge in [0.2, 0.25) is 0 Å². The van der Waals surface area contributed by atoms with Gasteiger partial charge in [0.1, 0.15) is 42.9 Å². The molecule has 0 bridgehead atoms. The molecule has 40 heavy (non-hydrogen) atoms. The molecule has 0 aromatic heterocycles. The number of ether oxygens (including phenoxy) is 4. The van der Waals surface area contributed by atoms with Crippen LogP contribution in [-0.2, 0) is 39.8 Å². The van der Waals surface area contributed by atoms with E-state index in [0.29, 0.717) is 23.1 Å². The summed E-state index contributed by atoms with van der Waals surface area (Å²) >= 11 is 0. The summed E-state index contributed by atoms with van der Waals surface area (Å²) in [5.41, 5.74) is 2.73. The van der Waals surface area contributed by atoms with Crippen molar-refractivity contribution in [1.29, 1.82) is 0 Å². The predicted octanol–water partition coefficient (Wildman–Crippen LogP) is 0.715. The number of rotatable bonds is 7. The van der Waals surface area contributed by atoms with Crippen LogP contribution < -0.4 is 0 Å². The van der Waals surface area contributed by atoms with E-state index in [1.54, 1.807) is 12.1 Å². The SMILES string of the molecule is CC1=C2C(=O)C=C(CO[C@@H]3O[C@H](COC(=O)Cc4ccc(O)cc4)[C@@H](O)[C@H](O)[C@H]3O)[C@@H]2[C@H]2OC(=O)[C@H](C)[C@H]2CC1. The number of hydrogen-bond acceptors (Lipinski definition) is 11. The molecule has 2 aliphatic carbocycles. The average molecular weight is 559 g/mol. The van der Waals surface area contributed by atoms with Crippen LogP contribution in [-0.4, -0.2) is 88.2 Å². The summed E-state index contributed by atoms with van der Waals surface area (Å²) in [5, 5.41) is 40.8. The second-order valence-corrected chi connectivity index (χ2v) is 11.0. The zero-order valence-corrected chi connectivity index (χ0v) is 22.3. The number of phenolic OH excluding ortho intramolecular Hbond substituents is 1. The third kappa shape index (κ3) is 5.44. The summed E-state index contributed by atoms with van der Waals surface area (Å²) in [6.45, 7) is 3.18. The zero-order valence-electron chi connectivity index (χ0n) is 22.3. The van der Waals surface area contributed by atoms with E-state index in [1.165, 1.54) is 18.2 Å². The molecule has 0 radical (unpaired) electrons. The van der Waals surface area contributed by atoms with Crippen LogP contribution in [0.4, 0.5) is 0 Å². The third-order valence-electron chi connectivity index (χ3n) is 8.40. The van der Waals surface area contributed by atoms with Crippen molar-refractivity contribution >= 4 is 17.7 Å². The number of fused-ring (bicyclic) bond motifs is 3. The van der Waals surface area contributed by atoms with Crippen molar-refractivity contribution in [3.63, 3.8) is 0 Å². The number of esters is 2. The fourth-order valence-electron chi connectivity index (χ4n) is 6.07. The van der Waals surface area contributed by atoms with Gasteiger partial charge < -0.3 is 39.4 Å². The molecule has 11 heteroatoms. The monoisotopic (exact) mass is 558 g/mol. The van der Waals surface area contributed by atoms with Crippen LogP contribution in [0.5, 0.6) is 5.75 Å². The van der Waals surface area contributed by atoms with Crippen molar-refractivity contribution in [2.75, 3.05) is 13.2 Å². The number of carbonyl (C=O) groups is 3. The van der Waals surface area contributed by atoms with Gasteiger partial charge in [0.05, 0.1) is 18.9 Å². The molecule has 0 saturated carbocycles. The van der Waals surface area contributed by atoms with Gasteiger partial charge in [-0.25, -0.2) is 0 Å². The highest BCUT2D eigenvalue weighted by Crippen LogP contribution is 2.48. The van der Waals surface area contributed by atoms with Gasteiger partial charge in [-0.15, -0.1) is 0 Å². The smallest absolute Gasteiger partial charge is 0.310 e. The second-order valence-electron chi connectivity index (χ2n) is 11.0. The molecule has 2 fully saturated rings. The molecule has 4 N–H and O–H groups in total. The summed E-state index contributed by atoms with van der Waals surface area (Å²) in [7, 11) is 0. The van der Waals surface area contributed by atoms with Crippen molar-refractivity contribution in [1.82, 2.24) is 0 Å². The fourth-order valence-corrected chi connectivity index (χ4v) is 6.07. The molecule has 216 valence electrons. The van der Waals surface area contributed by atoms with Crippen LogP contribution in [0.2, 0.25) is 0 Å². The molecule has 2 aliphatic heterocycles. The Kier molecular flexibility index (Phi) is 8.12. The van der Waals surface area contributed by atoms with Crippen LogP contribution >= 0.6 is 0 Å². The number of hydrogen-bond donors (Lipinski definition) is 4. The predicted molar refractivity (Wildman–Crippen MR) is 136 cm³/mol. The third-order valence-corrected chi connectivity index (χ3v) is 8.40. The topological polar surface area (TPSA) is 169 Å². The summed E-state index contributed by atoms with van der Waals surface area (Å²) in [6.07, 6.45) is -5.10. The standard InChI is InChI=1S/C29H34O11/c1-13-3-8-18-14(2)28(36)40-27(18)23-16(10-19(31)22(13)23)11-38-29-26(35)25(34)24(33)20(39-29)12-37-21(32)9-15-4-6-17(30)7-5-15/h4-7,10,14,18,20,23-27,29-30,33-35H,3,8-9,11-12H2,1-2H3/t14-,18-,20-,23+,24-,25+,26-,27+,29-/m1/s1. The first kappa shape index (κ1) is 28.4. The Balaban J connectivity index is 1.23. The minimum Gasteiger partial charge on any atom is -0.508 e. The molecule has 2 heterocycles. The number of carbonyl (C=O) groups excluding carboxylic acids is 3. The molecule has 4 aliphatic rings. The van der Waals surface area contributed by atoms with E-state index in [9.17, 15) is 34.8 Å². The minimum atomic E-state index is -1.64.